The minimum Gasteiger partial charge on any atom is -0.462 e. The molecule has 0 heterocycles. The van der Waals surface area contributed by atoms with Crippen LogP contribution in [-0.2, 0) is 19.1 Å². The van der Waals surface area contributed by atoms with E-state index in [4.69, 9.17) is 9.47 Å². The zero-order valence-corrected chi connectivity index (χ0v) is 14.6. The zero-order chi connectivity index (χ0) is 16.5. The highest BCUT2D eigenvalue weighted by molar-refractivity contribution is 5.82. The van der Waals surface area contributed by atoms with Crippen LogP contribution in [0.4, 0.5) is 0 Å². The molecule has 128 valence electrons. The van der Waals surface area contributed by atoms with Gasteiger partial charge in [0.1, 0.15) is 12.2 Å². The van der Waals surface area contributed by atoms with Gasteiger partial charge in [0.2, 0.25) is 0 Å². The number of rotatable bonds is 8. The third kappa shape index (κ3) is 5.29. The monoisotopic (exact) mass is 312 g/mol. The Labute approximate surface area is 134 Å². The molecular formula is C18H32O4. The molecule has 0 bridgehead atoms. The summed E-state index contributed by atoms with van der Waals surface area (Å²) in [5.74, 6) is -1.06. The molecule has 0 aliphatic heterocycles. The highest BCUT2D eigenvalue weighted by Gasteiger charge is 2.39. The predicted octanol–water partition coefficient (Wildman–Crippen LogP) is 4.26. The molecule has 1 fully saturated rings. The number of esters is 2. The van der Waals surface area contributed by atoms with E-state index >= 15 is 0 Å². The van der Waals surface area contributed by atoms with Crippen molar-refractivity contribution < 1.29 is 19.1 Å². The molecule has 0 aromatic heterocycles. The molecular weight excluding hydrogens is 280 g/mol. The van der Waals surface area contributed by atoms with E-state index in [0.29, 0.717) is 0 Å². The van der Waals surface area contributed by atoms with Gasteiger partial charge in [-0.3, -0.25) is 9.59 Å². The molecule has 1 aliphatic carbocycles. The summed E-state index contributed by atoms with van der Waals surface area (Å²) in [7, 11) is 0. The van der Waals surface area contributed by atoms with Crippen LogP contribution in [0.5, 0.6) is 0 Å². The summed E-state index contributed by atoms with van der Waals surface area (Å²) in [6.45, 7) is 8.06. The van der Waals surface area contributed by atoms with Crippen molar-refractivity contribution in [3.63, 3.8) is 0 Å². The molecule has 0 N–H and O–H groups in total. The van der Waals surface area contributed by atoms with E-state index in [1.807, 2.05) is 27.7 Å². The van der Waals surface area contributed by atoms with Crippen molar-refractivity contribution in [2.45, 2.75) is 91.3 Å². The van der Waals surface area contributed by atoms with Gasteiger partial charge in [-0.25, -0.2) is 0 Å². The molecule has 2 atom stereocenters. The summed E-state index contributed by atoms with van der Waals surface area (Å²) in [4.78, 5) is 24.9. The maximum atomic E-state index is 12.4. The van der Waals surface area contributed by atoms with Gasteiger partial charge in [0.15, 0.2) is 0 Å². The Hall–Kier alpha value is -1.06. The molecule has 0 aromatic rings. The fourth-order valence-corrected chi connectivity index (χ4v) is 3.11. The minimum absolute atomic E-state index is 0.0369. The predicted molar refractivity (Wildman–Crippen MR) is 86.4 cm³/mol. The van der Waals surface area contributed by atoms with Gasteiger partial charge in [0.25, 0.3) is 0 Å². The van der Waals surface area contributed by atoms with Crippen molar-refractivity contribution in [1.82, 2.24) is 0 Å². The third-order valence-electron chi connectivity index (χ3n) is 4.76. The minimum atomic E-state index is -0.323. The number of hydrogen-bond donors (Lipinski definition) is 0. The Kier molecular flexibility index (Phi) is 8.51. The van der Waals surface area contributed by atoms with Gasteiger partial charge in [-0.2, -0.15) is 0 Å². The van der Waals surface area contributed by atoms with Crippen molar-refractivity contribution in [2.75, 3.05) is 0 Å². The zero-order valence-electron chi connectivity index (χ0n) is 14.6. The normalized spacial score (nSPS) is 21.9. The molecule has 22 heavy (non-hydrogen) atoms. The summed E-state index contributed by atoms with van der Waals surface area (Å²) >= 11 is 0. The smallest absolute Gasteiger partial charge is 0.310 e. The number of carbonyl (C=O) groups is 2. The van der Waals surface area contributed by atoms with Crippen LogP contribution in [-0.4, -0.2) is 24.1 Å². The molecule has 4 nitrogen and oxygen atoms in total. The largest absolute Gasteiger partial charge is 0.462 e. The van der Waals surface area contributed by atoms with Crippen LogP contribution in [0.3, 0.4) is 0 Å². The molecule has 0 aromatic carbocycles. The Morgan fingerprint density at radius 2 is 1.09 bits per heavy atom. The van der Waals surface area contributed by atoms with Crippen LogP contribution in [0.2, 0.25) is 0 Å². The average molecular weight is 312 g/mol. The molecule has 1 saturated carbocycles. The maximum Gasteiger partial charge on any atom is 0.310 e. The SMILES string of the molecule is CCC(CC)OC(=O)C1CCCCC1C(=O)OC(CC)CC. The van der Waals surface area contributed by atoms with Gasteiger partial charge in [0, 0.05) is 0 Å². The lowest BCUT2D eigenvalue weighted by molar-refractivity contribution is -0.169. The van der Waals surface area contributed by atoms with E-state index in [1.165, 1.54) is 0 Å². The fourth-order valence-electron chi connectivity index (χ4n) is 3.11. The first-order chi connectivity index (χ1) is 10.6. The van der Waals surface area contributed by atoms with Crippen molar-refractivity contribution >= 4 is 11.9 Å². The highest BCUT2D eigenvalue weighted by atomic mass is 16.6. The second-order valence-electron chi connectivity index (χ2n) is 6.25. The summed E-state index contributed by atoms with van der Waals surface area (Å²) in [5.41, 5.74) is 0. The molecule has 1 rings (SSSR count). The molecule has 2 unspecified atom stereocenters. The first-order valence-electron chi connectivity index (χ1n) is 8.98. The Morgan fingerprint density at radius 1 is 0.773 bits per heavy atom. The van der Waals surface area contributed by atoms with E-state index in [1.54, 1.807) is 0 Å². The van der Waals surface area contributed by atoms with E-state index < -0.39 is 0 Å². The first-order valence-corrected chi connectivity index (χ1v) is 8.98. The molecule has 0 spiro atoms. The Balaban J connectivity index is 2.69. The van der Waals surface area contributed by atoms with Crippen molar-refractivity contribution in [1.29, 1.82) is 0 Å². The lowest BCUT2D eigenvalue weighted by Gasteiger charge is -2.30. The first kappa shape index (κ1) is 19.0. The number of ether oxygens (including phenoxy) is 2. The summed E-state index contributed by atoms with van der Waals surface area (Å²) in [5, 5.41) is 0. The quantitative estimate of drug-likeness (QED) is 0.628. The van der Waals surface area contributed by atoms with E-state index in [-0.39, 0.29) is 36.0 Å². The van der Waals surface area contributed by atoms with Crippen LogP contribution in [0.25, 0.3) is 0 Å². The Morgan fingerprint density at radius 3 is 1.36 bits per heavy atom. The average Bonchev–Trinajstić information content (AvgIpc) is 2.56. The Bertz CT molecular complexity index is 311. The van der Waals surface area contributed by atoms with Gasteiger partial charge in [-0.15, -0.1) is 0 Å². The second kappa shape index (κ2) is 9.86. The highest BCUT2D eigenvalue weighted by Crippen LogP contribution is 2.33. The summed E-state index contributed by atoms with van der Waals surface area (Å²) in [6.07, 6.45) is 6.64. The van der Waals surface area contributed by atoms with Crippen LogP contribution >= 0.6 is 0 Å². The van der Waals surface area contributed by atoms with Gasteiger partial charge >= 0.3 is 11.9 Å². The van der Waals surface area contributed by atoms with Crippen LogP contribution < -0.4 is 0 Å². The molecule has 0 amide bonds. The van der Waals surface area contributed by atoms with Gasteiger partial charge < -0.3 is 9.47 Å². The molecule has 0 saturated heterocycles. The van der Waals surface area contributed by atoms with Crippen molar-refractivity contribution in [3.05, 3.63) is 0 Å². The van der Waals surface area contributed by atoms with E-state index in [9.17, 15) is 9.59 Å². The van der Waals surface area contributed by atoms with Gasteiger partial charge in [0.05, 0.1) is 11.8 Å². The molecule has 0 radical (unpaired) electrons. The number of carbonyl (C=O) groups excluding carboxylic acids is 2. The van der Waals surface area contributed by atoms with Crippen molar-refractivity contribution in [2.24, 2.45) is 11.8 Å². The van der Waals surface area contributed by atoms with Gasteiger partial charge in [-0.1, -0.05) is 40.5 Å². The topological polar surface area (TPSA) is 52.6 Å². The third-order valence-corrected chi connectivity index (χ3v) is 4.76. The summed E-state index contributed by atoms with van der Waals surface area (Å²) in [6, 6.07) is 0. The van der Waals surface area contributed by atoms with Crippen LogP contribution in [0.15, 0.2) is 0 Å². The standard InChI is InChI=1S/C18H32O4/c1-5-13(6-2)21-17(19)15-11-9-10-12-16(15)18(20)22-14(7-3)8-4/h13-16H,5-12H2,1-4H3. The van der Waals surface area contributed by atoms with Crippen molar-refractivity contribution in [3.8, 4) is 0 Å². The van der Waals surface area contributed by atoms with E-state index in [0.717, 1.165) is 51.4 Å². The maximum absolute atomic E-state index is 12.4. The fraction of sp³-hybridized carbons (Fsp3) is 0.889. The second-order valence-corrected chi connectivity index (χ2v) is 6.25. The van der Waals surface area contributed by atoms with E-state index in [2.05, 4.69) is 0 Å². The lowest BCUT2D eigenvalue weighted by atomic mass is 9.79. The molecule has 4 heteroatoms. The lowest BCUT2D eigenvalue weighted by Crippen LogP contribution is -2.37. The van der Waals surface area contributed by atoms with Gasteiger partial charge in [-0.05, 0) is 38.5 Å². The van der Waals surface area contributed by atoms with Crippen LogP contribution in [0.1, 0.15) is 79.1 Å². The summed E-state index contributed by atoms with van der Waals surface area (Å²) < 4.78 is 11.2. The number of hydrogen-bond acceptors (Lipinski definition) is 4. The molecule has 1 aliphatic rings. The van der Waals surface area contributed by atoms with Crippen LogP contribution in [0, 0.1) is 11.8 Å².